The van der Waals surface area contributed by atoms with E-state index in [-0.39, 0.29) is 30.3 Å². The molecule has 0 bridgehead atoms. The van der Waals surface area contributed by atoms with Crippen LogP contribution in [0.25, 0.3) is 0 Å². The van der Waals surface area contributed by atoms with Crippen LogP contribution in [0.5, 0.6) is 0 Å². The molecule has 8 nitrogen and oxygen atoms in total. The molecule has 2 heterocycles. The summed E-state index contributed by atoms with van der Waals surface area (Å²) < 4.78 is 0. The molecule has 27 heavy (non-hydrogen) atoms. The van der Waals surface area contributed by atoms with Crippen LogP contribution in [0, 0.1) is 0 Å². The van der Waals surface area contributed by atoms with Gasteiger partial charge in [0.15, 0.2) is 0 Å². The molecule has 1 saturated heterocycles. The van der Waals surface area contributed by atoms with Gasteiger partial charge in [-0.3, -0.25) is 19.3 Å². The summed E-state index contributed by atoms with van der Waals surface area (Å²) in [5.74, 6) is -0.374. The number of carbonyl (C=O) groups is 4. The summed E-state index contributed by atoms with van der Waals surface area (Å²) in [5, 5.41) is 5.46. The maximum atomic E-state index is 12.2. The van der Waals surface area contributed by atoms with Crippen molar-refractivity contribution >= 4 is 23.8 Å². The van der Waals surface area contributed by atoms with Crippen LogP contribution in [0.1, 0.15) is 46.4 Å². The predicted molar refractivity (Wildman–Crippen MR) is 98.3 cm³/mol. The Bertz CT molecular complexity index is 714. The highest BCUT2D eigenvalue weighted by molar-refractivity contribution is 6.21. The Morgan fingerprint density at radius 3 is 2.07 bits per heavy atom. The molecule has 2 aliphatic rings. The van der Waals surface area contributed by atoms with Crippen LogP contribution in [0.2, 0.25) is 0 Å². The van der Waals surface area contributed by atoms with Crippen molar-refractivity contribution in [2.45, 2.75) is 25.7 Å². The molecule has 0 radical (unpaired) electrons. The van der Waals surface area contributed by atoms with Gasteiger partial charge >= 0.3 is 6.03 Å². The van der Waals surface area contributed by atoms with Gasteiger partial charge in [-0.05, 0) is 31.4 Å². The van der Waals surface area contributed by atoms with Crippen LogP contribution in [0.3, 0.4) is 0 Å². The molecule has 0 aromatic heterocycles. The second-order valence-corrected chi connectivity index (χ2v) is 6.68. The Labute approximate surface area is 157 Å². The van der Waals surface area contributed by atoms with E-state index in [4.69, 9.17) is 0 Å². The largest absolute Gasteiger partial charge is 0.343 e. The summed E-state index contributed by atoms with van der Waals surface area (Å²) in [7, 11) is 0. The minimum atomic E-state index is -0.287. The second-order valence-electron chi connectivity index (χ2n) is 6.68. The number of hydrogen-bond acceptors (Lipinski definition) is 4. The van der Waals surface area contributed by atoms with E-state index in [0.29, 0.717) is 50.0 Å². The zero-order valence-electron chi connectivity index (χ0n) is 15.2. The van der Waals surface area contributed by atoms with E-state index in [9.17, 15) is 19.2 Å². The molecule has 0 saturated carbocycles. The first kappa shape index (κ1) is 18.9. The van der Waals surface area contributed by atoms with Gasteiger partial charge in [0.25, 0.3) is 11.8 Å². The Balaban J connectivity index is 1.29. The average Bonchev–Trinajstić information content (AvgIpc) is 3.18. The standard InChI is InChI=1S/C19H24N4O4/c24-16-8-3-11-22(16)12-4-9-20-19(27)21-10-5-13-23-17(25)14-6-1-2-7-15(14)18(23)26/h1-2,6-7H,3-5,8-13H2,(H2,20,21,27). The third kappa shape index (κ3) is 4.45. The number of hydrogen-bond donors (Lipinski definition) is 2. The lowest BCUT2D eigenvalue weighted by molar-refractivity contribution is -0.127. The maximum absolute atomic E-state index is 12.2. The van der Waals surface area contributed by atoms with E-state index in [1.165, 1.54) is 4.90 Å². The Hall–Kier alpha value is -2.90. The number of amides is 5. The topological polar surface area (TPSA) is 98.8 Å². The third-order valence-corrected chi connectivity index (χ3v) is 4.78. The SMILES string of the molecule is O=C(NCCCN1CCCC1=O)NCCCN1C(=O)c2ccccc2C1=O. The van der Waals surface area contributed by atoms with Gasteiger partial charge in [-0.1, -0.05) is 12.1 Å². The zero-order valence-corrected chi connectivity index (χ0v) is 15.2. The predicted octanol–water partition coefficient (Wildman–Crippen LogP) is 0.984. The molecule has 144 valence electrons. The van der Waals surface area contributed by atoms with Crippen molar-refractivity contribution in [3.63, 3.8) is 0 Å². The third-order valence-electron chi connectivity index (χ3n) is 4.78. The fourth-order valence-electron chi connectivity index (χ4n) is 3.36. The summed E-state index contributed by atoms with van der Waals surface area (Å²) in [6.45, 7) is 2.60. The van der Waals surface area contributed by atoms with Gasteiger partial charge in [-0.15, -0.1) is 0 Å². The number of rotatable bonds is 8. The number of carbonyl (C=O) groups excluding carboxylic acids is 4. The highest BCUT2D eigenvalue weighted by atomic mass is 16.2. The molecule has 8 heteroatoms. The van der Waals surface area contributed by atoms with E-state index < -0.39 is 0 Å². The Morgan fingerprint density at radius 1 is 0.926 bits per heavy atom. The normalized spacial score (nSPS) is 16.1. The fraction of sp³-hybridized carbons (Fsp3) is 0.474. The highest BCUT2D eigenvalue weighted by Gasteiger charge is 2.34. The summed E-state index contributed by atoms with van der Waals surface area (Å²) >= 11 is 0. The molecule has 5 amide bonds. The lowest BCUT2D eigenvalue weighted by atomic mass is 10.1. The quantitative estimate of drug-likeness (QED) is 0.525. The monoisotopic (exact) mass is 372 g/mol. The number of fused-ring (bicyclic) bond motifs is 1. The van der Waals surface area contributed by atoms with Crippen molar-refractivity contribution in [1.82, 2.24) is 20.4 Å². The summed E-state index contributed by atoms with van der Waals surface area (Å²) in [6.07, 6.45) is 2.75. The van der Waals surface area contributed by atoms with Crippen molar-refractivity contribution in [3.8, 4) is 0 Å². The van der Waals surface area contributed by atoms with Crippen LogP contribution in [-0.4, -0.2) is 66.3 Å². The number of nitrogens with zero attached hydrogens (tertiary/aromatic N) is 2. The van der Waals surface area contributed by atoms with E-state index >= 15 is 0 Å². The first-order valence-corrected chi connectivity index (χ1v) is 9.32. The van der Waals surface area contributed by atoms with Crippen molar-refractivity contribution in [2.24, 2.45) is 0 Å². The Kier molecular flexibility index (Phi) is 6.05. The molecule has 3 rings (SSSR count). The summed E-state index contributed by atoms with van der Waals surface area (Å²) in [6, 6.07) is 6.48. The zero-order chi connectivity index (χ0) is 19.2. The van der Waals surface area contributed by atoms with E-state index in [1.54, 1.807) is 24.3 Å². The number of urea groups is 1. The molecule has 1 aromatic rings. The van der Waals surface area contributed by atoms with Crippen molar-refractivity contribution in [3.05, 3.63) is 35.4 Å². The molecule has 2 N–H and O–H groups in total. The van der Waals surface area contributed by atoms with Gasteiger partial charge in [0.1, 0.15) is 0 Å². The first-order valence-electron chi connectivity index (χ1n) is 9.32. The van der Waals surface area contributed by atoms with Crippen LogP contribution in [0.15, 0.2) is 24.3 Å². The number of imide groups is 1. The van der Waals surface area contributed by atoms with E-state index in [0.717, 1.165) is 13.0 Å². The van der Waals surface area contributed by atoms with Crippen molar-refractivity contribution < 1.29 is 19.2 Å². The smallest absolute Gasteiger partial charge is 0.314 e. The number of nitrogens with one attached hydrogen (secondary N) is 2. The van der Waals surface area contributed by atoms with Gasteiger partial charge < -0.3 is 15.5 Å². The van der Waals surface area contributed by atoms with E-state index in [1.807, 2.05) is 4.90 Å². The molecule has 2 aliphatic heterocycles. The van der Waals surface area contributed by atoms with Crippen LogP contribution in [0.4, 0.5) is 4.79 Å². The highest BCUT2D eigenvalue weighted by Crippen LogP contribution is 2.22. The second kappa shape index (κ2) is 8.66. The molecule has 1 aromatic carbocycles. The van der Waals surface area contributed by atoms with E-state index in [2.05, 4.69) is 10.6 Å². The van der Waals surface area contributed by atoms with Crippen LogP contribution >= 0.6 is 0 Å². The summed E-state index contributed by atoms with van der Waals surface area (Å²) in [4.78, 5) is 50.7. The lowest BCUT2D eigenvalue weighted by Crippen LogP contribution is -2.39. The molecular weight excluding hydrogens is 348 g/mol. The average molecular weight is 372 g/mol. The summed E-state index contributed by atoms with van der Waals surface area (Å²) in [5.41, 5.74) is 0.870. The maximum Gasteiger partial charge on any atom is 0.314 e. The molecule has 0 atom stereocenters. The number of likely N-dealkylation sites (tertiary alicyclic amines) is 1. The molecule has 0 aliphatic carbocycles. The van der Waals surface area contributed by atoms with Gasteiger partial charge in [0.2, 0.25) is 5.91 Å². The minimum absolute atomic E-state index is 0.188. The van der Waals surface area contributed by atoms with Crippen molar-refractivity contribution in [2.75, 3.05) is 32.7 Å². The number of benzene rings is 1. The van der Waals surface area contributed by atoms with Gasteiger partial charge in [0.05, 0.1) is 11.1 Å². The van der Waals surface area contributed by atoms with Gasteiger partial charge in [0, 0.05) is 39.1 Å². The fourth-order valence-corrected chi connectivity index (χ4v) is 3.36. The van der Waals surface area contributed by atoms with Crippen LogP contribution in [-0.2, 0) is 4.79 Å². The van der Waals surface area contributed by atoms with Gasteiger partial charge in [-0.25, -0.2) is 4.79 Å². The van der Waals surface area contributed by atoms with Crippen molar-refractivity contribution in [1.29, 1.82) is 0 Å². The molecule has 0 spiro atoms. The first-order chi connectivity index (χ1) is 13.1. The molecular formula is C19H24N4O4. The molecule has 0 unspecified atom stereocenters. The minimum Gasteiger partial charge on any atom is -0.343 e. The van der Waals surface area contributed by atoms with Gasteiger partial charge in [-0.2, -0.15) is 0 Å². The Morgan fingerprint density at radius 2 is 1.52 bits per heavy atom. The molecule has 1 fully saturated rings. The lowest BCUT2D eigenvalue weighted by Gasteiger charge is -2.16. The van der Waals surface area contributed by atoms with Crippen LogP contribution < -0.4 is 10.6 Å².